The number of carboxylic acid groups (broad SMARTS) is 1. The lowest BCUT2D eigenvalue weighted by Crippen LogP contribution is -2.44. The molecule has 0 saturated carbocycles. The van der Waals surface area contributed by atoms with Gasteiger partial charge in [-0.2, -0.15) is 0 Å². The summed E-state index contributed by atoms with van der Waals surface area (Å²) in [4.78, 5) is 25.7. The fraction of sp³-hybridized carbons (Fsp3) is 0.579. The molecule has 0 unspecified atom stereocenters. The van der Waals surface area contributed by atoms with E-state index in [-0.39, 0.29) is 12.4 Å². The Labute approximate surface area is 149 Å². The zero-order valence-electron chi connectivity index (χ0n) is 15.2. The third kappa shape index (κ3) is 5.03. The van der Waals surface area contributed by atoms with Gasteiger partial charge in [0.1, 0.15) is 0 Å². The molecule has 1 N–H and O–H groups in total. The Morgan fingerprint density at radius 2 is 2.00 bits per heavy atom. The molecule has 25 heavy (non-hydrogen) atoms. The fourth-order valence-corrected chi connectivity index (χ4v) is 3.43. The number of hydrogen-bond donors (Lipinski definition) is 1. The number of carbonyl (C=O) groups excluding carboxylic acids is 1. The van der Waals surface area contributed by atoms with Crippen LogP contribution in [0.15, 0.2) is 24.3 Å². The molecule has 1 amide bonds. The van der Waals surface area contributed by atoms with Gasteiger partial charge in [-0.05, 0) is 30.7 Å². The maximum Gasteiger partial charge on any atom is 0.290 e. The van der Waals surface area contributed by atoms with E-state index in [1.54, 1.807) is 0 Å². The van der Waals surface area contributed by atoms with Crippen LogP contribution in [-0.4, -0.2) is 73.2 Å². The summed E-state index contributed by atoms with van der Waals surface area (Å²) in [6, 6.07) is 8.39. The van der Waals surface area contributed by atoms with Gasteiger partial charge in [-0.1, -0.05) is 26.0 Å². The second-order valence-electron chi connectivity index (χ2n) is 7.09. The second kappa shape index (κ2) is 8.97. The van der Waals surface area contributed by atoms with Crippen LogP contribution in [0.5, 0.6) is 0 Å². The SMILES string of the molecule is CC(C)c1cccc(C(=O)N2C[C@@H]3COC[C@H](C2)N(C)C3)c1.O=CO. The number of amides is 1. The zero-order chi connectivity index (χ0) is 18.4. The average Bonchev–Trinajstić information content (AvgIpc) is 2.83. The molecule has 0 aromatic heterocycles. The Bertz CT molecular complexity index is 591. The van der Waals surface area contributed by atoms with Crippen LogP contribution in [0, 0.1) is 5.92 Å². The largest absolute Gasteiger partial charge is 0.483 e. The number of ether oxygens (including phenoxy) is 1. The number of rotatable bonds is 2. The van der Waals surface area contributed by atoms with Crippen LogP contribution >= 0.6 is 0 Å². The number of benzene rings is 1. The molecule has 2 aliphatic heterocycles. The van der Waals surface area contributed by atoms with Gasteiger partial charge >= 0.3 is 0 Å². The van der Waals surface area contributed by atoms with Crippen LogP contribution < -0.4 is 0 Å². The summed E-state index contributed by atoms with van der Waals surface area (Å²) in [5, 5.41) is 6.89. The maximum atomic E-state index is 12.9. The van der Waals surface area contributed by atoms with Crippen molar-refractivity contribution in [1.29, 1.82) is 0 Å². The van der Waals surface area contributed by atoms with Gasteiger partial charge < -0.3 is 14.7 Å². The Hall–Kier alpha value is -1.92. The Morgan fingerprint density at radius 3 is 2.68 bits per heavy atom. The molecular formula is C19H28N2O4. The molecule has 2 fully saturated rings. The molecule has 2 aliphatic rings. The lowest BCUT2D eigenvalue weighted by molar-refractivity contribution is -0.122. The van der Waals surface area contributed by atoms with Crippen molar-refractivity contribution in [2.24, 2.45) is 5.92 Å². The molecule has 3 rings (SSSR count). The van der Waals surface area contributed by atoms with E-state index in [9.17, 15) is 4.79 Å². The Balaban J connectivity index is 0.000000701. The van der Waals surface area contributed by atoms with Crippen LogP contribution in [0.3, 0.4) is 0 Å². The summed E-state index contributed by atoms with van der Waals surface area (Å²) < 4.78 is 5.74. The summed E-state index contributed by atoms with van der Waals surface area (Å²) in [6.07, 6.45) is 0. The van der Waals surface area contributed by atoms with Crippen molar-refractivity contribution in [3.05, 3.63) is 35.4 Å². The van der Waals surface area contributed by atoms with Gasteiger partial charge in [0.05, 0.1) is 19.3 Å². The first-order valence-corrected chi connectivity index (χ1v) is 8.71. The summed E-state index contributed by atoms with van der Waals surface area (Å²) in [6.45, 7) is 8.13. The van der Waals surface area contributed by atoms with Crippen molar-refractivity contribution in [2.75, 3.05) is 39.9 Å². The highest BCUT2D eigenvalue weighted by Gasteiger charge is 2.33. The highest BCUT2D eigenvalue weighted by atomic mass is 16.5. The summed E-state index contributed by atoms with van der Waals surface area (Å²) in [5.41, 5.74) is 2.04. The van der Waals surface area contributed by atoms with Crippen LogP contribution in [0.2, 0.25) is 0 Å². The predicted octanol–water partition coefficient (Wildman–Crippen LogP) is 1.91. The van der Waals surface area contributed by atoms with Crippen molar-refractivity contribution in [1.82, 2.24) is 9.80 Å². The molecular weight excluding hydrogens is 320 g/mol. The highest BCUT2D eigenvalue weighted by molar-refractivity contribution is 5.94. The average molecular weight is 348 g/mol. The first-order valence-electron chi connectivity index (χ1n) is 8.71. The molecule has 1 aromatic carbocycles. The second-order valence-corrected chi connectivity index (χ2v) is 7.09. The summed E-state index contributed by atoms with van der Waals surface area (Å²) >= 11 is 0. The molecule has 2 atom stereocenters. The van der Waals surface area contributed by atoms with Crippen LogP contribution in [-0.2, 0) is 9.53 Å². The van der Waals surface area contributed by atoms with E-state index in [0.29, 0.717) is 17.9 Å². The van der Waals surface area contributed by atoms with Crippen molar-refractivity contribution in [3.63, 3.8) is 0 Å². The number of nitrogens with zero attached hydrogens (tertiary/aromatic N) is 2. The fourth-order valence-electron chi connectivity index (χ4n) is 3.43. The minimum absolute atomic E-state index is 0.162. The third-order valence-corrected chi connectivity index (χ3v) is 4.83. The topological polar surface area (TPSA) is 70.1 Å². The van der Waals surface area contributed by atoms with Gasteiger partial charge in [0, 0.05) is 31.1 Å². The van der Waals surface area contributed by atoms with Crippen molar-refractivity contribution < 1.29 is 19.4 Å². The van der Waals surface area contributed by atoms with Gasteiger partial charge in [-0.3, -0.25) is 14.5 Å². The lowest BCUT2D eigenvalue weighted by atomic mass is 10.00. The Kier molecular flexibility index (Phi) is 6.96. The molecule has 0 aliphatic carbocycles. The highest BCUT2D eigenvalue weighted by Crippen LogP contribution is 2.21. The molecule has 0 spiro atoms. The molecule has 2 saturated heterocycles. The number of fused-ring (bicyclic) bond motifs is 3. The monoisotopic (exact) mass is 348 g/mol. The number of likely N-dealkylation sites (N-methyl/N-ethyl adjacent to an activating group) is 1. The van der Waals surface area contributed by atoms with E-state index in [0.717, 1.165) is 38.4 Å². The predicted molar refractivity (Wildman–Crippen MR) is 95.9 cm³/mol. The van der Waals surface area contributed by atoms with Crippen LogP contribution in [0.1, 0.15) is 35.7 Å². The molecule has 138 valence electrons. The Morgan fingerprint density at radius 1 is 1.28 bits per heavy atom. The standard InChI is InChI=1S/C18H26N2O2.CH2O2/c1-13(2)15-5-4-6-16(7-15)18(21)20-9-14-8-19(3)17(10-20)12-22-11-14;2-1-3/h4-7,13-14,17H,8-12H2,1-3H3;1H,(H,2,3)/t14-,17+;/m1./s1. The van der Waals surface area contributed by atoms with Gasteiger partial charge in [0.25, 0.3) is 12.4 Å². The van der Waals surface area contributed by atoms with Crippen molar-refractivity contribution >= 4 is 12.4 Å². The third-order valence-electron chi connectivity index (χ3n) is 4.83. The van der Waals surface area contributed by atoms with Gasteiger partial charge in [0.2, 0.25) is 0 Å². The minimum Gasteiger partial charge on any atom is -0.483 e. The normalized spacial score (nSPS) is 23.4. The molecule has 6 nitrogen and oxygen atoms in total. The van der Waals surface area contributed by atoms with Crippen molar-refractivity contribution in [2.45, 2.75) is 25.8 Å². The molecule has 0 radical (unpaired) electrons. The van der Waals surface area contributed by atoms with Crippen LogP contribution in [0.25, 0.3) is 0 Å². The smallest absolute Gasteiger partial charge is 0.290 e. The van der Waals surface area contributed by atoms with E-state index in [1.807, 2.05) is 23.1 Å². The van der Waals surface area contributed by atoms with E-state index in [1.165, 1.54) is 5.56 Å². The van der Waals surface area contributed by atoms with Crippen LogP contribution in [0.4, 0.5) is 0 Å². The summed E-state index contributed by atoms with van der Waals surface area (Å²) in [7, 11) is 2.14. The number of hydrogen-bond acceptors (Lipinski definition) is 4. The molecule has 2 bridgehead atoms. The first-order chi connectivity index (χ1) is 12.0. The van der Waals surface area contributed by atoms with E-state index in [4.69, 9.17) is 14.6 Å². The number of carbonyl (C=O) groups is 2. The first kappa shape index (κ1) is 19.4. The van der Waals surface area contributed by atoms with Gasteiger partial charge in [-0.15, -0.1) is 0 Å². The van der Waals surface area contributed by atoms with E-state index < -0.39 is 0 Å². The quantitative estimate of drug-likeness (QED) is 0.827. The van der Waals surface area contributed by atoms with Gasteiger partial charge in [0.15, 0.2) is 0 Å². The lowest BCUT2D eigenvalue weighted by Gasteiger charge is -2.30. The van der Waals surface area contributed by atoms with Gasteiger partial charge in [-0.25, -0.2) is 0 Å². The minimum atomic E-state index is -0.250. The molecule has 1 aromatic rings. The zero-order valence-corrected chi connectivity index (χ0v) is 15.2. The maximum absolute atomic E-state index is 12.9. The summed E-state index contributed by atoms with van der Waals surface area (Å²) in [5.74, 6) is 1.01. The van der Waals surface area contributed by atoms with Crippen molar-refractivity contribution in [3.8, 4) is 0 Å². The van der Waals surface area contributed by atoms with E-state index >= 15 is 0 Å². The molecule has 6 heteroatoms. The van der Waals surface area contributed by atoms with E-state index in [2.05, 4.69) is 31.9 Å². The molecule has 2 heterocycles.